The third-order valence-electron chi connectivity index (χ3n) is 2.46. The Bertz CT molecular complexity index is 195. The maximum Gasteiger partial charge on any atom is 0.410 e. The molecule has 2 aliphatic heterocycles. The Hall–Kier alpha value is -0.770. The first-order valence-corrected chi connectivity index (χ1v) is 3.80. The number of ether oxygens (including phenoxy) is 1. The molecule has 0 saturated carbocycles. The predicted octanol–water partition coefficient (Wildman–Crippen LogP) is -0.249. The lowest BCUT2D eigenvalue weighted by Gasteiger charge is -2.14. The zero-order valence-electron chi connectivity index (χ0n) is 6.78. The van der Waals surface area contributed by atoms with Crippen molar-refractivity contribution in [1.29, 1.82) is 0 Å². The summed E-state index contributed by atoms with van der Waals surface area (Å²) in [6.45, 7) is 1.81. The average molecular weight is 156 g/mol. The number of fused-ring (bicyclic) bond motifs is 1. The highest BCUT2D eigenvalue weighted by Gasteiger charge is 2.44. The highest BCUT2D eigenvalue weighted by molar-refractivity contribution is 5.70. The van der Waals surface area contributed by atoms with Crippen LogP contribution in [0.5, 0.6) is 0 Å². The molecule has 4 heteroatoms. The summed E-state index contributed by atoms with van der Waals surface area (Å²) in [4.78, 5) is 14.8. The van der Waals surface area contributed by atoms with Crippen LogP contribution in [-0.4, -0.2) is 55.2 Å². The molecule has 2 atom stereocenters. The molecule has 4 nitrogen and oxygen atoms in total. The highest BCUT2D eigenvalue weighted by atomic mass is 16.6. The average Bonchev–Trinajstić information content (AvgIpc) is 2.37. The van der Waals surface area contributed by atoms with Gasteiger partial charge in [0.2, 0.25) is 0 Å². The molecule has 0 radical (unpaired) electrons. The second kappa shape index (κ2) is 2.11. The number of amides is 1. The van der Waals surface area contributed by atoms with E-state index >= 15 is 0 Å². The van der Waals surface area contributed by atoms with Gasteiger partial charge in [0.1, 0.15) is 6.10 Å². The van der Waals surface area contributed by atoms with Crippen LogP contribution in [0.4, 0.5) is 4.79 Å². The number of likely N-dealkylation sites (tertiary alicyclic amines) is 1. The van der Waals surface area contributed by atoms with Crippen LogP contribution >= 0.6 is 0 Å². The largest absolute Gasteiger partial charge is 0.442 e. The van der Waals surface area contributed by atoms with Crippen molar-refractivity contribution in [1.82, 2.24) is 9.80 Å². The number of likely N-dealkylation sites (N-methyl/N-ethyl adjacent to an activating group) is 2. The maximum absolute atomic E-state index is 11.0. The van der Waals surface area contributed by atoms with E-state index in [2.05, 4.69) is 4.90 Å². The summed E-state index contributed by atoms with van der Waals surface area (Å²) in [5.74, 6) is 0. The van der Waals surface area contributed by atoms with Crippen LogP contribution in [0.15, 0.2) is 0 Å². The monoisotopic (exact) mass is 156 g/mol. The van der Waals surface area contributed by atoms with Gasteiger partial charge in [-0.2, -0.15) is 0 Å². The fraction of sp³-hybridized carbons (Fsp3) is 0.857. The molecule has 0 bridgehead atoms. The smallest absolute Gasteiger partial charge is 0.410 e. The van der Waals surface area contributed by atoms with Crippen molar-refractivity contribution < 1.29 is 9.53 Å². The molecule has 2 saturated heterocycles. The van der Waals surface area contributed by atoms with Crippen molar-refractivity contribution in [2.75, 3.05) is 27.2 Å². The summed E-state index contributed by atoms with van der Waals surface area (Å²) in [6.07, 6.45) is -0.0643. The van der Waals surface area contributed by atoms with E-state index in [1.807, 2.05) is 7.05 Å². The maximum atomic E-state index is 11.0. The van der Waals surface area contributed by atoms with E-state index in [-0.39, 0.29) is 18.2 Å². The lowest BCUT2D eigenvalue weighted by molar-refractivity contribution is 0.127. The van der Waals surface area contributed by atoms with Crippen molar-refractivity contribution in [3.05, 3.63) is 0 Å². The SMILES string of the molecule is CN1CC2[C@@H](C1)OC(=O)N2C. The third kappa shape index (κ3) is 0.894. The Balaban J connectivity index is 2.13. The molecule has 0 aromatic carbocycles. The lowest BCUT2D eigenvalue weighted by Crippen LogP contribution is -2.33. The standard InChI is InChI=1S/C7H12N2O2/c1-8-3-5-6(4-8)11-7(10)9(5)2/h5-6H,3-4H2,1-2H3/t5?,6-/m1/s1. The summed E-state index contributed by atoms with van der Waals surface area (Å²) >= 11 is 0. The van der Waals surface area contributed by atoms with Crippen molar-refractivity contribution in [3.8, 4) is 0 Å². The van der Waals surface area contributed by atoms with Gasteiger partial charge >= 0.3 is 6.09 Å². The molecule has 0 aromatic rings. The summed E-state index contributed by atoms with van der Waals surface area (Å²) in [5.41, 5.74) is 0. The molecule has 1 amide bonds. The van der Waals surface area contributed by atoms with Crippen LogP contribution in [0, 0.1) is 0 Å². The van der Waals surface area contributed by atoms with Crippen LogP contribution in [0.25, 0.3) is 0 Å². The van der Waals surface area contributed by atoms with Gasteiger partial charge in [0.25, 0.3) is 0 Å². The number of carbonyl (C=O) groups is 1. The van der Waals surface area contributed by atoms with Crippen LogP contribution < -0.4 is 0 Å². The molecule has 0 spiro atoms. The summed E-state index contributed by atoms with van der Waals surface area (Å²) in [5, 5.41) is 0. The Morgan fingerprint density at radius 1 is 1.45 bits per heavy atom. The number of rotatable bonds is 0. The van der Waals surface area contributed by atoms with Crippen molar-refractivity contribution in [2.24, 2.45) is 0 Å². The van der Waals surface area contributed by atoms with Gasteiger partial charge < -0.3 is 14.5 Å². The molecule has 0 N–H and O–H groups in total. The zero-order valence-corrected chi connectivity index (χ0v) is 6.78. The van der Waals surface area contributed by atoms with Gasteiger partial charge in [-0.15, -0.1) is 0 Å². The Morgan fingerprint density at radius 2 is 2.18 bits per heavy atom. The zero-order chi connectivity index (χ0) is 8.01. The Morgan fingerprint density at radius 3 is 2.82 bits per heavy atom. The highest BCUT2D eigenvalue weighted by Crippen LogP contribution is 2.23. The predicted molar refractivity (Wildman–Crippen MR) is 39.3 cm³/mol. The van der Waals surface area contributed by atoms with Crippen LogP contribution in [-0.2, 0) is 4.74 Å². The molecule has 1 unspecified atom stereocenters. The molecule has 0 aliphatic carbocycles. The second-order valence-corrected chi connectivity index (χ2v) is 3.32. The molecule has 2 rings (SSSR count). The van der Waals surface area contributed by atoms with Gasteiger partial charge in [-0.25, -0.2) is 4.79 Å². The van der Waals surface area contributed by atoms with Gasteiger partial charge in [-0.1, -0.05) is 0 Å². The normalized spacial score (nSPS) is 37.6. The molecule has 62 valence electrons. The number of hydrogen-bond acceptors (Lipinski definition) is 3. The molecule has 2 fully saturated rings. The fourth-order valence-corrected chi connectivity index (χ4v) is 1.78. The molecule has 11 heavy (non-hydrogen) atoms. The van der Waals surface area contributed by atoms with Gasteiger partial charge in [-0.05, 0) is 7.05 Å². The van der Waals surface area contributed by atoms with Crippen molar-refractivity contribution in [3.63, 3.8) is 0 Å². The molecular formula is C7H12N2O2. The van der Waals surface area contributed by atoms with E-state index in [1.165, 1.54) is 0 Å². The van der Waals surface area contributed by atoms with Gasteiger partial charge in [0.15, 0.2) is 0 Å². The van der Waals surface area contributed by atoms with Crippen LogP contribution in [0.3, 0.4) is 0 Å². The van der Waals surface area contributed by atoms with Crippen LogP contribution in [0.2, 0.25) is 0 Å². The Kier molecular flexibility index (Phi) is 1.32. The summed E-state index contributed by atoms with van der Waals surface area (Å²) in [7, 11) is 3.84. The van der Waals surface area contributed by atoms with Crippen molar-refractivity contribution >= 4 is 6.09 Å². The van der Waals surface area contributed by atoms with Crippen molar-refractivity contribution in [2.45, 2.75) is 12.1 Å². The first-order valence-electron chi connectivity index (χ1n) is 3.80. The van der Waals surface area contributed by atoms with Gasteiger partial charge in [0, 0.05) is 20.1 Å². The Labute approximate surface area is 65.7 Å². The molecule has 0 aromatic heterocycles. The van der Waals surface area contributed by atoms with E-state index in [0.29, 0.717) is 0 Å². The van der Waals surface area contributed by atoms with E-state index in [4.69, 9.17) is 4.74 Å². The minimum atomic E-state index is -0.173. The minimum Gasteiger partial charge on any atom is -0.442 e. The minimum absolute atomic E-state index is 0.109. The van der Waals surface area contributed by atoms with Gasteiger partial charge in [0.05, 0.1) is 6.04 Å². The third-order valence-corrected chi connectivity index (χ3v) is 2.46. The summed E-state index contributed by atoms with van der Waals surface area (Å²) < 4.78 is 5.11. The van der Waals surface area contributed by atoms with E-state index in [0.717, 1.165) is 13.1 Å². The number of nitrogens with zero attached hydrogens (tertiary/aromatic N) is 2. The number of hydrogen-bond donors (Lipinski definition) is 0. The fourth-order valence-electron chi connectivity index (χ4n) is 1.78. The molecule has 2 aliphatic rings. The van der Waals surface area contributed by atoms with E-state index in [1.54, 1.807) is 11.9 Å². The van der Waals surface area contributed by atoms with E-state index in [9.17, 15) is 4.79 Å². The molecule has 2 heterocycles. The van der Waals surface area contributed by atoms with E-state index < -0.39 is 0 Å². The second-order valence-electron chi connectivity index (χ2n) is 3.32. The number of carbonyl (C=O) groups excluding carboxylic acids is 1. The quantitative estimate of drug-likeness (QED) is 0.485. The summed E-state index contributed by atoms with van der Waals surface area (Å²) in [6, 6.07) is 0.285. The molecular weight excluding hydrogens is 144 g/mol. The first kappa shape index (κ1) is 6.91. The lowest BCUT2D eigenvalue weighted by atomic mass is 10.2. The van der Waals surface area contributed by atoms with Crippen LogP contribution in [0.1, 0.15) is 0 Å². The topological polar surface area (TPSA) is 32.8 Å². The first-order chi connectivity index (χ1) is 5.18. The van der Waals surface area contributed by atoms with Gasteiger partial charge in [-0.3, -0.25) is 0 Å².